The van der Waals surface area contributed by atoms with Crippen LogP contribution in [-0.4, -0.2) is 78.9 Å². The van der Waals surface area contributed by atoms with Crippen molar-refractivity contribution in [3.05, 3.63) is 65.4 Å². The molecule has 58 heavy (non-hydrogen) atoms. The van der Waals surface area contributed by atoms with Crippen LogP contribution in [0.15, 0.2) is 74.2 Å². The summed E-state index contributed by atoms with van der Waals surface area (Å²) < 4.78 is 59.8. The molecule has 0 bridgehead atoms. The van der Waals surface area contributed by atoms with E-state index < -0.39 is 32.3 Å². The van der Waals surface area contributed by atoms with Crippen LogP contribution in [0.25, 0.3) is 44.1 Å². The van der Waals surface area contributed by atoms with Gasteiger partial charge in [0.05, 0.1) is 63.1 Å². The minimum Gasteiger partial charge on any atom is -0.496 e. The number of furan rings is 2. The summed E-state index contributed by atoms with van der Waals surface area (Å²) in [6.07, 6.45) is 3.50. The Bertz CT molecular complexity index is 2400. The van der Waals surface area contributed by atoms with Crippen molar-refractivity contribution in [3.8, 4) is 11.5 Å². The smallest absolute Gasteiger partial charge is 0.496 e. The molecule has 0 atom stereocenters. The molecule has 9 rings (SSSR count). The lowest BCUT2D eigenvalue weighted by Crippen LogP contribution is -2.41. The number of methoxy groups -OCH3 is 2. The van der Waals surface area contributed by atoms with Gasteiger partial charge in [0.25, 0.3) is 0 Å². The van der Waals surface area contributed by atoms with Gasteiger partial charge in [-0.2, -0.15) is 0 Å². The van der Waals surface area contributed by atoms with Gasteiger partial charge in [0.15, 0.2) is 16.7 Å². The second kappa shape index (κ2) is 14.8. The fourth-order valence-corrected chi connectivity index (χ4v) is 7.23. The van der Waals surface area contributed by atoms with Crippen LogP contribution in [-0.2, 0) is 27.9 Å². The summed E-state index contributed by atoms with van der Waals surface area (Å²) >= 11 is 3.46. The fourth-order valence-electron chi connectivity index (χ4n) is 6.81. The normalized spacial score (nSPS) is 21.0. The molecule has 4 aromatic heterocycles. The van der Waals surface area contributed by atoms with Gasteiger partial charge >= 0.3 is 21.1 Å². The van der Waals surface area contributed by atoms with Crippen LogP contribution in [0, 0.1) is 0 Å². The third-order valence-corrected chi connectivity index (χ3v) is 13.0. The third kappa shape index (κ3) is 7.33. The van der Waals surface area contributed by atoms with Crippen LogP contribution < -0.4 is 14.9 Å². The van der Waals surface area contributed by atoms with E-state index in [1.54, 1.807) is 26.6 Å². The quantitative estimate of drug-likeness (QED) is 0.157. The van der Waals surface area contributed by atoms with Gasteiger partial charge in [-0.25, -0.2) is 0 Å². The van der Waals surface area contributed by atoms with Gasteiger partial charge in [-0.3, -0.25) is 9.97 Å². The monoisotopic (exact) mass is 856 g/mol. The maximum Gasteiger partial charge on any atom is 0.498 e. The summed E-state index contributed by atoms with van der Waals surface area (Å²) in [5.74, 6) is 1.50. The number of ether oxygens (including phenoxy) is 2. The molecule has 3 aliphatic rings. The zero-order valence-electron chi connectivity index (χ0n) is 35.9. The van der Waals surface area contributed by atoms with Crippen LogP contribution >= 0.6 is 15.9 Å². The molecule has 3 fully saturated rings. The van der Waals surface area contributed by atoms with Gasteiger partial charge in [0, 0.05) is 17.9 Å². The SMILES string of the molecule is CC1(C)OB(B2OC(C)(C)C(C)(C)O2)OC1(C)C.COc1ccc(B2OC(C)(C)C(C)(C)O2)c2oc3cccnc3c12.COc1ccc(Br)c2oc3cccnc3c12. The first-order valence-corrected chi connectivity index (χ1v) is 20.2. The number of rotatable bonds is 4. The topological polar surface area (TPSA) is 126 Å². The molecule has 0 unspecified atom stereocenters. The third-order valence-electron chi connectivity index (χ3n) is 12.4. The number of benzene rings is 2. The standard InChI is InChI=1S/C18H20BNO4.C12H24B2O4.C12H8BrNO2/c1-17(2)18(3,4)24-19(23-17)11-8-9-12(21-5)14-15-13(22-16(11)14)7-6-10-20-15;1-9(2)10(3,4)16-13(15-9)14-17-11(5,6)12(7,8)18-14;1-15-8-5-4-7(13)12-10(8)11-9(16-12)3-2-6-14-11/h6-10H,1-5H3;1-8H3;2-6H,1H3. The molecule has 0 N–H and O–H groups in total. The highest BCUT2D eigenvalue weighted by atomic mass is 79.9. The summed E-state index contributed by atoms with van der Waals surface area (Å²) in [6.45, 7) is 24.4. The maximum absolute atomic E-state index is 6.18. The minimum atomic E-state index is -0.496. The predicted molar refractivity (Wildman–Crippen MR) is 232 cm³/mol. The van der Waals surface area contributed by atoms with Gasteiger partial charge in [0.1, 0.15) is 28.1 Å². The molecule has 2 aromatic carbocycles. The average molecular weight is 857 g/mol. The average Bonchev–Trinajstić information content (AvgIpc) is 3.89. The molecule has 0 aliphatic carbocycles. The highest BCUT2D eigenvalue weighted by molar-refractivity contribution is 9.10. The number of halogens is 1. The Morgan fingerprint density at radius 3 is 1.31 bits per heavy atom. The Hall–Kier alpha value is -3.63. The van der Waals surface area contributed by atoms with E-state index in [2.05, 4.69) is 25.9 Å². The van der Waals surface area contributed by atoms with Crippen LogP contribution in [0.4, 0.5) is 0 Å². The zero-order chi connectivity index (χ0) is 42.2. The number of hydrogen-bond acceptors (Lipinski definition) is 12. The van der Waals surface area contributed by atoms with Gasteiger partial charge in [-0.15, -0.1) is 0 Å². The van der Waals surface area contributed by atoms with Crippen LogP contribution in [0.2, 0.25) is 0 Å². The summed E-state index contributed by atoms with van der Waals surface area (Å²) in [5, 5.41) is 1.76. The summed E-state index contributed by atoms with van der Waals surface area (Å²) in [7, 11) is 1.84. The first kappa shape index (κ1) is 42.5. The summed E-state index contributed by atoms with van der Waals surface area (Å²) in [6, 6.07) is 15.2. The first-order valence-electron chi connectivity index (χ1n) is 19.4. The van der Waals surface area contributed by atoms with E-state index in [1.165, 1.54) is 0 Å². The number of pyridine rings is 2. The van der Waals surface area contributed by atoms with Crippen molar-refractivity contribution < 1.29 is 46.2 Å². The summed E-state index contributed by atoms with van der Waals surface area (Å²) in [5.41, 5.74) is 3.15. The van der Waals surface area contributed by atoms with Crippen molar-refractivity contribution >= 4 is 86.7 Å². The lowest BCUT2D eigenvalue weighted by molar-refractivity contribution is 0.00578. The Labute approximate surface area is 349 Å². The van der Waals surface area contributed by atoms with Gasteiger partial charge in [-0.05, 0) is 141 Å². The second-order valence-electron chi connectivity index (χ2n) is 17.8. The largest absolute Gasteiger partial charge is 0.498 e. The Kier molecular flexibility index (Phi) is 10.9. The summed E-state index contributed by atoms with van der Waals surface area (Å²) in [4.78, 5) is 8.77. The number of aromatic nitrogens is 2. The molecule has 0 amide bonds. The van der Waals surface area contributed by atoms with Gasteiger partial charge < -0.3 is 46.2 Å². The minimum absolute atomic E-state index is 0.360. The van der Waals surface area contributed by atoms with Crippen molar-refractivity contribution in [1.82, 2.24) is 9.97 Å². The number of fused-ring (bicyclic) bond motifs is 6. The van der Waals surface area contributed by atoms with Crippen molar-refractivity contribution in [2.24, 2.45) is 0 Å². The molecule has 306 valence electrons. The fraction of sp³-hybridized carbons (Fsp3) is 0.476. The first-order chi connectivity index (χ1) is 27.0. The Morgan fingerprint density at radius 1 is 0.500 bits per heavy atom. The highest BCUT2D eigenvalue weighted by Crippen LogP contribution is 2.44. The van der Waals surface area contributed by atoms with E-state index in [9.17, 15) is 0 Å². The Balaban J connectivity index is 0.000000136. The molecule has 0 saturated carbocycles. The van der Waals surface area contributed by atoms with Crippen molar-refractivity contribution in [2.45, 2.75) is 117 Å². The molecule has 12 nitrogen and oxygen atoms in total. The van der Waals surface area contributed by atoms with E-state index >= 15 is 0 Å². The molecular weight excluding hydrogens is 805 g/mol. The Morgan fingerprint density at radius 2 is 0.879 bits per heavy atom. The molecular formula is C42H52B3BrN2O10. The van der Waals surface area contributed by atoms with Crippen LogP contribution in [0.5, 0.6) is 11.5 Å². The van der Waals surface area contributed by atoms with Gasteiger partial charge in [0.2, 0.25) is 0 Å². The lowest BCUT2D eigenvalue weighted by Gasteiger charge is -2.32. The van der Waals surface area contributed by atoms with Crippen LogP contribution in [0.3, 0.4) is 0 Å². The molecule has 16 heteroatoms. The van der Waals surface area contributed by atoms with E-state index in [0.29, 0.717) is 5.58 Å². The van der Waals surface area contributed by atoms with Crippen LogP contribution in [0.1, 0.15) is 83.1 Å². The molecule has 0 spiro atoms. The van der Waals surface area contributed by atoms with E-state index in [0.717, 1.165) is 60.0 Å². The number of nitrogens with zero attached hydrogens (tertiary/aromatic N) is 2. The molecule has 0 radical (unpaired) electrons. The van der Waals surface area contributed by atoms with E-state index in [-0.39, 0.29) is 22.4 Å². The van der Waals surface area contributed by atoms with Crippen molar-refractivity contribution in [2.75, 3.05) is 14.2 Å². The molecule has 6 aromatic rings. The molecule has 7 heterocycles. The second-order valence-corrected chi connectivity index (χ2v) is 18.6. The van der Waals surface area contributed by atoms with Crippen molar-refractivity contribution in [3.63, 3.8) is 0 Å². The van der Waals surface area contributed by atoms with Gasteiger partial charge in [-0.1, -0.05) is 6.07 Å². The van der Waals surface area contributed by atoms with E-state index in [1.807, 2.05) is 132 Å². The predicted octanol–water partition coefficient (Wildman–Crippen LogP) is 9.29. The van der Waals surface area contributed by atoms with Crippen molar-refractivity contribution in [1.29, 1.82) is 0 Å². The lowest BCUT2D eigenvalue weighted by atomic mass is 9.49. The maximum atomic E-state index is 6.18. The van der Waals surface area contributed by atoms with E-state index in [4.69, 9.17) is 46.2 Å². The number of hydrogen-bond donors (Lipinski definition) is 0. The zero-order valence-corrected chi connectivity index (χ0v) is 37.4. The molecule has 3 saturated heterocycles. The molecule has 3 aliphatic heterocycles. The highest BCUT2D eigenvalue weighted by Gasteiger charge is 2.63.